The quantitative estimate of drug-likeness (QED) is 0.361. The van der Waals surface area contributed by atoms with E-state index in [0.717, 1.165) is 37.2 Å². The van der Waals surface area contributed by atoms with Crippen molar-refractivity contribution in [2.24, 2.45) is 17.0 Å². The van der Waals surface area contributed by atoms with Crippen molar-refractivity contribution in [1.29, 1.82) is 0 Å². The number of fused-ring (bicyclic) bond motifs is 1. The largest absolute Gasteiger partial charge is 0.438 e. The average Bonchev–Trinajstić information content (AvgIpc) is 3.16. The van der Waals surface area contributed by atoms with Gasteiger partial charge in [-0.05, 0) is 79.3 Å². The molecule has 5 nitrogen and oxygen atoms in total. The van der Waals surface area contributed by atoms with Gasteiger partial charge in [-0.3, -0.25) is 0 Å². The highest BCUT2D eigenvalue weighted by atomic mass is 16.5. The SMILES string of the molecule is Cc1ccc(Oc2ncccc2/C(=N/O)N2CC(C)CC(C)C2)c2c1CCC2. The van der Waals surface area contributed by atoms with Crippen molar-refractivity contribution in [2.45, 2.75) is 46.5 Å². The van der Waals surface area contributed by atoms with E-state index in [4.69, 9.17) is 4.74 Å². The maximum absolute atomic E-state index is 9.85. The molecule has 2 heterocycles. The number of nitrogens with zero attached hydrogens (tertiary/aromatic N) is 3. The second-order valence-electron chi connectivity index (χ2n) is 8.42. The standard InChI is InChI=1S/C23H29N3O2/c1-15-12-16(2)14-26(13-15)22(25-27)20-8-5-11-24-23(20)28-21-10-9-17(3)18-6-4-7-19(18)21/h5,8-11,15-16,27H,4,6-7,12-14H2,1-3H3/b25-22-. The van der Waals surface area contributed by atoms with Crippen molar-refractivity contribution in [2.75, 3.05) is 13.1 Å². The summed E-state index contributed by atoms with van der Waals surface area (Å²) in [6.45, 7) is 8.40. The molecular weight excluding hydrogens is 350 g/mol. The highest BCUT2D eigenvalue weighted by Gasteiger charge is 2.28. The van der Waals surface area contributed by atoms with Gasteiger partial charge in [0.05, 0.1) is 5.56 Å². The van der Waals surface area contributed by atoms with Crippen LogP contribution in [0.25, 0.3) is 0 Å². The minimum atomic E-state index is 0.499. The molecule has 0 saturated carbocycles. The Hall–Kier alpha value is -2.56. The number of benzene rings is 1. The fraction of sp³-hybridized carbons (Fsp3) is 0.478. The fourth-order valence-corrected chi connectivity index (χ4v) is 4.82. The van der Waals surface area contributed by atoms with Gasteiger partial charge in [-0.1, -0.05) is 25.1 Å². The molecule has 5 heteroatoms. The Bertz CT molecular complexity index is 883. The first-order valence-electron chi connectivity index (χ1n) is 10.3. The number of ether oxygens (including phenoxy) is 1. The number of rotatable bonds is 3. The Morgan fingerprint density at radius 3 is 2.64 bits per heavy atom. The smallest absolute Gasteiger partial charge is 0.230 e. The van der Waals surface area contributed by atoms with Gasteiger partial charge in [0.2, 0.25) is 5.88 Å². The monoisotopic (exact) mass is 379 g/mol. The van der Waals surface area contributed by atoms with Crippen molar-refractivity contribution in [3.8, 4) is 11.6 Å². The number of hydrogen-bond acceptors (Lipinski definition) is 4. The first kappa shape index (κ1) is 18.8. The van der Waals surface area contributed by atoms with E-state index in [2.05, 4.69) is 41.9 Å². The molecule has 0 spiro atoms. The number of hydrogen-bond donors (Lipinski definition) is 1. The fourth-order valence-electron chi connectivity index (χ4n) is 4.82. The summed E-state index contributed by atoms with van der Waals surface area (Å²) in [6.07, 6.45) is 6.24. The van der Waals surface area contributed by atoms with E-state index in [9.17, 15) is 5.21 Å². The van der Waals surface area contributed by atoms with Gasteiger partial charge in [-0.25, -0.2) is 4.98 Å². The number of oxime groups is 1. The van der Waals surface area contributed by atoms with Crippen LogP contribution in [0.2, 0.25) is 0 Å². The second kappa shape index (κ2) is 7.82. The van der Waals surface area contributed by atoms with Crippen molar-refractivity contribution < 1.29 is 9.94 Å². The summed E-state index contributed by atoms with van der Waals surface area (Å²) in [5.74, 6) is 3.03. The molecule has 1 N–H and O–H groups in total. The maximum atomic E-state index is 9.85. The summed E-state index contributed by atoms with van der Waals surface area (Å²) in [5.41, 5.74) is 4.76. The van der Waals surface area contributed by atoms with Gasteiger partial charge in [0.1, 0.15) is 5.75 Å². The van der Waals surface area contributed by atoms with E-state index < -0.39 is 0 Å². The normalized spacial score (nSPS) is 22.2. The average molecular weight is 380 g/mol. The van der Waals surface area contributed by atoms with Crippen LogP contribution in [0.4, 0.5) is 0 Å². The summed E-state index contributed by atoms with van der Waals surface area (Å²) in [6, 6.07) is 7.95. The van der Waals surface area contributed by atoms with Gasteiger partial charge in [0, 0.05) is 19.3 Å². The van der Waals surface area contributed by atoms with E-state index in [-0.39, 0.29) is 0 Å². The number of aromatic nitrogens is 1. The lowest BCUT2D eigenvalue weighted by Crippen LogP contribution is -2.43. The Morgan fingerprint density at radius 2 is 1.89 bits per heavy atom. The summed E-state index contributed by atoms with van der Waals surface area (Å²) in [4.78, 5) is 6.64. The lowest BCUT2D eigenvalue weighted by Gasteiger charge is -2.36. The van der Waals surface area contributed by atoms with E-state index in [0.29, 0.717) is 23.6 Å². The minimum absolute atomic E-state index is 0.499. The molecule has 1 aromatic carbocycles. The molecule has 1 aliphatic heterocycles. The summed E-state index contributed by atoms with van der Waals surface area (Å²) >= 11 is 0. The summed E-state index contributed by atoms with van der Waals surface area (Å²) in [5, 5.41) is 13.5. The molecular formula is C23H29N3O2. The van der Waals surface area contributed by atoms with E-state index in [1.165, 1.54) is 29.5 Å². The van der Waals surface area contributed by atoms with Gasteiger partial charge in [-0.2, -0.15) is 0 Å². The molecule has 2 atom stereocenters. The zero-order valence-electron chi connectivity index (χ0n) is 17.0. The first-order valence-corrected chi connectivity index (χ1v) is 10.3. The zero-order chi connectivity index (χ0) is 19.7. The number of pyridine rings is 1. The molecule has 1 aromatic heterocycles. The molecule has 0 radical (unpaired) electrons. The van der Waals surface area contributed by atoms with Crippen LogP contribution in [-0.4, -0.2) is 34.0 Å². The first-order chi connectivity index (χ1) is 13.6. The predicted molar refractivity (Wildman–Crippen MR) is 110 cm³/mol. The van der Waals surface area contributed by atoms with Crippen molar-refractivity contribution in [3.63, 3.8) is 0 Å². The maximum Gasteiger partial charge on any atom is 0.230 e. The highest BCUT2D eigenvalue weighted by molar-refractivity contribution is 6.00. The van der Waals surface area contributed by atoms with Crippen LogP contribution in [0.3, 0.4) is 0 Å². The molecule has 2 unspecified atom stereocenters. The summed E-state index contributed by atoms with van der Waals surface area (Å²) in [7, 11) is 0. The van der Waals surface area contributed by atoms with Gasteiger partial charge in [0.15, 0.2) is 5.84 Å². The Kier molecular flexibility index (Phi) is 5.25. The van der Waals surface area contributed by atoms with Crippen LogP contribution < -0.4 is 4.74 Å². The molecule has 1 aliphatic carbocycles. The highest BCUT2D eigenvalue weighted by Crippen LogP contribution is 2.36. The third-order valence-corrected chi connectivity index (χ3v) is 5.96. The van der Waals surface area contributed by atoms with Crippen LogP contribution in [0.5, 0.6) is 11.6 Å². The van der Waals surface area contributed by atoms with Crippen molar-refractivity contribution >= 4 is 5.84 Å². The molecule has 1 fully saturated rings. The number of aryl methyl sites for hydroxylation is 1. The molecule has 28 heavy (non-hydrogen) atoms. The second-order valence-corrected chi connectivity index (χ2v) is 8.42. The lowest BCUT2D eigenvalue weighted by atomic mass is 9.91. The molecule has 1 saturated heterocycles. The van der Waals surface area contributed by atoms with Crippen LogP contribution >= 0.6 is 0 Å². The van der Waals surface area contributed by atoms with Crippen LogP contribution in [0, 0.1) is 18.8 Å². The van der Waals surface area contributed by atoms with Gasteiger partial charge < -0.3 is 14.8 Å². The van der Waals surface area contributed by atoms with Crippen LogP contribution in [0.1, 0.15) is 48.9 Å². The Morgan fingerprint density at radius 1 is 1.14 bits per heavy atom. The number of likely N-dealkylation sites (tertiary alicyclic amines) is 1. The lowest BCUT2D eigenvalue weighted by molar-refractivity contribution is 0.204. The topological polar surface area (TPSA) is 58.0 Å². The Balaban J connectivity index is 1.67. The third-order valence-electron chi connectivity index (χ3n) is 5.96. The van der Waals surface area contributed by atoms with Gasteiger partial charge in [-0.15, -0.1) is 0 Å². The molecule has 148 valence electrons. The van der Waals surface area contributed by atoms with Crippen molar-refractivity contribution in [3.05, 3.63) is 52.7 Å². The van der Waals surface area contributed by atoms with E-state index >= 15 is 0 Å². The Labute approximate surface area is 167 Å². The van der Waals surface area contributed by atoms with Crippen molar-refractivity contribution in [1.82, 2.24) is 9.88 Å². The molecule has 2 aliphatic rings. The van der Waals surface area contributed by atoms with E-state index in [1.807, 2.05) is 18.2 Å². The number of amidine groups is 1. The molecule has 2 aromatic rings. The van der Waals surface area contributed by atoms with Crippen LogP contribution in [0.15, 0.2) is 35.6 Å². The predicted octanol–water partition coefficient (Wildman–Crippen LogP) is 4.78. The molecule has 0 amide bonds. The molecule has 4 rings (SSSR count). The minimum Gasteiger partial charge on any atom is -0.438 e. The van der Waals surface area contributed by atoms with Gasteiger partial charge in [0.25, 0.3) is 0 Å². The van der Waals surface area contributed by atoms with E-state index in [1.54, 1.807) is 6.20 Å². The van der Waals surface area contributed by atoms with Gasteiger partial charge >= 0.3 is 0 Å². The zero-order valence-corrected chi connectivity index (χ0v) is 17.0. The molecule has 0 bridgehead atoms. The number of piperidine rings is 1. The van der Waals surface area contributed by atoms with Crippen LogP contribution in [-0.2, 0) is 12.8 Å². The third kappa shape index (κ3) is 3.58. The summed E-state index contributed by atoms with van der Waals surface area (Å²) < 4.78 is 6.30.